The first-order valence-electron chi connectivity index (χ1n) is 7.59. The lowest BCUT2D eigenvalue weighted by molar-refractivity contribution is -0.141. The van der Waals surface area contributed by atoms with Gasteiger partial charge in [0.15, 0.2) is 0 Å². The van der Waals surface area contributed by atoms with E-state index in [4.69, 9.17) is 9.84 Å². The Hall–Kier alpha value is -2.04. The van der Waals surface area contributed by atoms with Gasteiger partial charge in [-0.15, -0.1) is 0 Å². The van der Waals surface area contributed by atoms with Crippen molar-refractivity contribution in [3.8, 4) is 5.75 Å². The van der Waals surface area contributed by atoms with Crippen molar-refractivity contribution < 1.29 is 19.4 Å². The van der Waals surface area contributed by atoms with Gasteiger partial charge in [-0.2, -0.15) is 0 Å². The first-order valence-corrected chi connectivity index (χ1v) is 7.59. The third-order valence-corrected chi connectivity index (χ3v) is 3.43. The molecule has 5 heteroatoms. The second kappa shape index (κ2) is 9.07. The first-order chi connectivity index (χ1) is 10.4. The van der Waals surface area contributed by atoms with Gasteiger partial charge in [0, 0.05) is 13.0 Å². The highest BCUT2D eigenvalue weighted by atomic mass is 16.5. The summed E-state index contributed by atoms with van der Waals surface area (Å²) in [5.41, 5.74) is 2.26. The van der Waals surface area contributed by atoms with Gasteiger partial charge < -0.3 is 15.2 Å². The van der Waals surface area contributed by atoms with Gasteiger partial charge in [0.2, 0.25) is 5.91 Å². The molecule has 1 rings (SSSR count). The molecule has 0 fully saturated rings. The van der Waals surface area contributed by atoms with Crippen LogP contribution >= 0.6 is 0 Å². The molecule has 0 aliphatic carbocycles. The zero-order chi connectivity index (χ0) is 16.5. The molecule has 1 amide bonds. The van der Waals surface area contributed by atoms with Crippen LogP contribution in [0.3, 0.4) is 0 Å². The Kier molecular flexibility index (Phi) is 7.43. The van der Waals surface area contributed by atoms with E-state index in [1.807, 2.05) is 32.0 Å². The van der Waals surface area contributed by atoms with Crippen LogP contribution in [0.5, 0.6) is 5.75 Å². The van der Waals surface area contributed by atoms with Crippen LogP contribution in [0.15, 0.2) is 18.2 Å². The van der Waals surface area contributed by atoms with E-state index in [9.17, 15) is 9.59 Å². The Bertz CT molecular complexity index is 513. The number of hydrogen-bond donors (Lipinski definition) is 2. The SMILES string of the molecule is Cc1ccc(C)c(OCCCCC(=O)NCC(C)C(=O)O)c1. The maximum atomic E-state index is 11.6. The fraction of sp³-hybridized carbons (Fsp3) is 0.529. The third-order valence-electron chi connectivity index (χ3n) is 3.43. The molecule has 0 bridgehead atoms. The topological polar surface area (TPSA) is 75.6 Å². The van der Waals surface area contributed by atoms with Crippen molar-refractivity contribution in [3.63, 3.8) is 0 Å². The van der Waals surface area contributed by atoms with Crippen LogP contribution < -0.4 is 10.1 Å². The number of hydrogen-bond acceptors (Lipinski definition) is 3. The molecule has 2 N–H and O–H groups in total. The number of carbonyl (C=O) groups excluding carboxylic acids is 1. The molecule has 1 aromatic carbocycles. The number of ether oxygens (including phenoxy) is 1. The van der Waals surface area contributed by atoms with E-state index >= 15 is 0 Å². The first kappa shape index (κ1) is 18.0. The highest BCUT2D eigenvalue weighted by molar-refractivity contribution is 5.77. The normalized spacial score (nSPS) is 11.8. The molecule has 0 heterocycles. The number of nitrogens with one attached hydrogen (secondary N) is 1. The van der Waals surface area contributed by atoms with Gasteiger partial charge in [-0.3, -0.25) is 9.59 Å². The molecular weight excluding hydrogens is 282 g/mol. The van der Waals surface area contributed by atoms with Crippen LogP contribution in [0, 0.1) is 19.8 Å². The highest BCUT2D eigenvalue weighted by Gasteiger charge is 2.11. The Balaban J connectivity index is 2.16. The van der Waals surface area contributed by atoms with Crippen molar-refractivity contribution in [2.75, 3.05) is 13.2 Å². The number of aryl methyl sites for hydroxylation is 2. The van der Waals surface area contributed by atoms with Gasteiger partial charge in [-0.05, 0) is 43.9 Å². The number of amides is 1. The Morgan fingerprint density at radius 2 is 2.00 bits per heavy atom. The zero-order valence-corrected chi connectivity index (χ0v) is 13.5. The van der Waals surface area contributed by atoms with Gasteiger partial charge in [0.25, 0.3) is 0 Å². The molecule has 22 heavy (non-hydrogen) atoms. The van der Waals surface area contributed by atoms with E-state index in [0.29, 0.717) is 13.0 Å². The lowest BCUT2D eigenvalue weighted by atomic mass is 10.1. The Labute approximate surface area is 131 Å². The summed E-state index contributed by atoms with van der Waals surface area (Å²) in [6.45, 7) is 6.34. The van der Waals surface area contributed by atoms with Crippen molar-refractivity contribution >= 4 is 11.9 Å². The number of benzene rings is 1. The second-order valence-corrected chi connectivity index (χ2v) is 5.62. The molecule has 0 radical (unpaired) electrons. The van der Waals surface area contributed by atoms with Crippen molar-refractivity contribution in [2.24, 2.45) is 5.92 Å². The summed E-state index contributed by atoms with van der Waals surface area (Å²) in [7, 11) is 0. The van der Waals surface area contributed by atoms with E-state index < -0.39 is 11.9 Å². The van der Waals surface area contributed by atoms with E-state index in [0.717, 1.165) is 29.7 Å². The number of carbonyl (C=O) groups is 2. The van der Waals surface area contributed by atoms with Crippen LogP contribution in [0.1, 0.15) is 37.3 Å². The predicted octanol–water partition coefficient (Wildman–Crippen LogP) is 2.69. The summed E-state index contributed by atoms with van der Waals surface area (Å²) in [5, 5.41) is 11.4. The quantitative estimate of drug-likeness (QED) is 0.688. The number of rotatable bonds is 9. The second-order valence-electron chi connectivity index (χ2n) is 5.62. The van der Waals surface area contributed by atoms with Crippen molar-refractivity contribution in [1.82, 2.24) is 5.32 Å². The van der Waals surface area contributed by atoms with Crippen molar-refractivity contribution in [3.05, 3.63) is 29.3 Å². The molecule has 0 spiro atoms. The van der Waals surface area contributed by atoms with Crippen LogP contribution in [0.25, 0.3) is 0 Å². The van der Waals surface area contributed by atoms with E-state index in [1.165, 1.54) is 0 Å². The van der Waals surface area contributed by atoms with E-state index in [2.05, 4.69) is 5.32 Å². The smallest absolute Gasteiger partial charge is 0.308 e. The minimum atomic E-state index is -0.901. The zero-order valence-electron chi connectivity index (χ0n) is 13.5. The minimum Gasteiger partial charge on any atom is -0.493 e. The van der Waals surface area contributed by atoms with Gasteiger partial charge in [0.1, 0.15) is 5.75 Å². The summed E-state index contributed by atoms with van der Waals surface area (Å²) in [6.07, 6.45) is 1.90. The predicted molar refractivity (Wildman–Crippen MR) is 85.1 cm³/mol. The molecule has 0 saturated heterocycles. The molecule has 1 unspecified atom stereocenters. The van der Waals surface area contributed by atoms with Gasteiger partial charge in [0.05, 0.1) is 12.5 Å². The summed E-state index contributed by atoms with van der Waals surface area (Å²) < 4.78 is 5.72. The minimum absolute atomic E-state index is 0.111. The molecule has 1 aromatic rings. The standard InChI is InChI=1S/C17H25NO4/c1-12-7-8-13(2)15(10-12)22-9-5-4-6-16(19)18-11-14(3)17(20)21/h7-8,10,14H,4-6,9,11H2,1-3H3,(H,18,19)(H,20,21). The maximum Gasteiger partial charge on any atom is 0.308 e. The molecular formula is C17H25NO4. The third kappa shape index (κ3) is 6.61. The fourth-order valence-corrected chi connectivity index (χ4v) is 1.88. The maximum absolute atomic E-state index is 11.6. The molecule has 122 valence electrons. The number of carboxylic acids is 1. The fourth-order valence-electron chi connectivity index (χ4n) is 1.88. The van der Waals surface area contributed by atoms with E-state index in [-0.39, 0.29) is 12.5 Å². The summed E-state index contributed by atoms with van der Waals surface area (Å²) in [6, 6.07) is 6.09. The Morgan fingerprint density at radius 1 is 1.27 bits per heavy atom. The van der Waals surface area contributed by atoms with Gasteiger partial charge >= 0.3 is 5.97 Å². The molecule has 0 aromatic heterocycles. The average molecular weight is 307 g/mol. The van der Waals surface area contributed by atoms with Crippen LogP contribution in [-0.4, -0.2) is 30.1 Å². The Morgan fingerprint density at radius 3 is 2.68 bits per heavy atom. The summed E-state index contributed by atoms with van der Waals surface area (Å²) in [4.78, 5) is 22.2. The largest absolute Gasteiger partial charge is 0.493 e. The summed E-state index contributed by atoms with van der Waals surface area (Å²) >= 11 is 0. The monoisotopic (exact) mass is 307 g/mol. The van der Waals surface area contributed by atoms with Crippen molar-refractivity contribution in [1.29, 1.82) is 0 Å². The van der Waals surface area contributed by atoms with Crippen LogP contribution in [-0.2, 0) is 9.59 Å². The number of aliphatic carboxylic acids is 1. The van der Waals surface area contributed by atoms with Crippen LogP contribution in [0.2, 0.25) is 0 Å². The highest BCUT2D eigenvalue weighted by Crippen LogP contribution is 2.19. The summed E-state index contributed by atoms with van der Waals surface area (Å²) in [5.74, 6) is -0.682. The van der Waals surface area contributed by atoms with E-state index in [1.54, 1.807) is 6.92 Å². The molecule has 5 nitrogen and oxygen atoms in total. The van der Waals surface area contributed by atoms with Crippen molar-refractivity contribution in [2.45, 2.75) is 40.0 Å². The number of carboxylic acid groups (broad SMARTS) is 1. The van der Waals surface area contributed by atoms with Gasteiger partial charge in [-0.1, -0.05) is 19.1 Å². The average Bonchev–Trinajstić information content (AvgIpc) is 2.47. The molecule has 1 atom stereocenters. The molecule has 0 aliphatic heterocycles. The van der Waals surface area contributed by atoms with Crippen LogP contribution in [0.4, 0.5) is 0 Å². The number of unbranched alkanes of at least 4 members (excludes halogenated alkanes) is 1. The van der Waals surface area contributed by atoms with Gasteiger partial charge in [-0.25, -0.2) is 0 Å². The lowest BCUT2D eigenvalue weighted by Gasteiger charge is -2.10. The lowest BCUT2D eigenvalue weighted by Crippen LogP contribution is -2.31. The molecule has 0 aliphatic rings. The molecule has 0 saturated carbocycles.